The first-order chi connectivity index (χ1) is 22.7. The number of cyclic esters (lactones) is 2. The van der Waals surface area contributed by atoms with Crippen molar-refractivity contribution in [1.29, 1.82) is 0 Å². The molecular weight excluding hydrogens is 635 g/mol. The number of rotatable bonds is 12. The summed E-state index contributed by atoms with van der Waals surface area (Å²) in [5.41, 5.74) is 0.957. The van der Waals surface area contributed by atoms with Crippen LogP contribution in [0.25, 0.3) is 10.8 Å². The molecule has 14 heteroatoms. The predicted molar refractivity (Wildman–Crippen MR) is 166 cm³/mol. The maximum atomic E-state index is 15.0. The number of esters is 2. The van der Waals surface area contributed by atoms with Gasteiger partial charge in [-0.25, -0.2) is 9.59 Å². The average Bonchev–Trinajstić information content (AvgIpc) is 3.56. The molecule has 0 N–H and O–H groups in total. The number of carbonyl (C=O) groups excluding carboxylic acids is 2. The van der Waals surface area contributed by atoms with Crippen LogP contribution in [-0.4, -0.2) is 54.6 Å². The van der Waals surface area contributed by atoms with Crippen LogP contribution in [0.1, 0.15) is 50.0 Å². The SMILES string of the molecule is COc1cc2c(c(OC)c1OC)C(=O)OC2OP(=O)(Cc1cccc2ccccc12)OC1OC(=O)c2c1cc(OC)c(OC)c2OC. The number of ether oxygens (including phenoxy) is 8. The smallest absolute Gasteiger partial charge is 0.345 e. The average molecular weight is 667 g/mol. The van der Waals surface area contributed by atoms with Crippen molar-refractivity contribution in [2.75, 3.05) is 42.7 Å². The number of fused-ring (bicyclic) bond motifs is 3. The highest BCUT2D eigenvalue weighted by Gasteiger charge is 2.47. The van der Waals surface area contributed by atoms with E-state index < -0.39 is 32.1 Å². The van der Waals surface area contributed by atoms with E-state index in [0.717, 1.165) is 10.8 Å². The molecule has 0 spiro atoms. The molecule has 2 heterocycles. The van der Waals surface area contributed by atoms with Crippen molar-refractivity contribution >= 4 is 30.3 Å². The molecule has 4 aromatic rings. The molecule has 2 unspecified atom stereocenters. The quantitative estimate of drug-likeness (QED) is 0.122. The van der Waals surface area contributed by atoms with Gasteiger partial charge >= 0.3 is 19.5 Å². The molecule has 2 aliphatic heterocycles. The van der Waals surface area contributed by atoms with Crippen LogP contribution in [0.3, 0.4) is 0 Å². The van der Waals surface area contributed by atoms with E-state index in [1.165, 1.54) is 54.8 Å². The second kappa shape index (κ2) is 12.7. The van der Waals surface area contributed by atoms with Crippen LogP contribution in [0.4, 0.5) is 0 Å². The zero-order valence-corrected chi connectivity index (χ0v) is 27.2. The van der Waals surface area contributed by atoms with Crippen molar-refractivity contribution in [2.24, 2.45) is 0 Å². The molecule has 0 fully saturated rings. The Morgan fingerprint density at radius 1 is 0.617 bits per heavy atom. The molecule has 0 amide bonds. The molecule has 2 aliphatic rings. The van der Waals surface area contributed by atoms with E-state index in [9.17, 15) is 9.59 Å². The molecular formula is C33H31O13P. The Labute approximate surface area is 269 Å². The van der Waals surface area contributed by atoms with Gasteiger partial charge in [0.15, 0.2) is 23.0 Å². The van der Waals surface area contributed by atoms with Crippen LogP contribution in [-0.2, 0) is 29.2 Å². The Balaban J connectivity index is 1.46. The molecule has 0 aliphatic carbocycles. The lowest BCUT2D eigenvalue weighted by Gasteiger charge is -2.25. The molecule has 4 aromatic carbocycles. The summed E-state index contributed by atoms with van der Waals surface area (Å²) >= 11 is 0. The van der Waals surface area contributed by atoms with Gasteiger partial charge in [-0.3, -0.25) is 13.6 Å². The van der Waals surface area contributed by atoms with Gasteiger partial charge in [-0.05, 0) is 28.5 Å². The van der Waals surface area contributed by atoms with Crippen LogP contribution in [0.5, 0.6) is 34.5 Å². The summed E-state index contributed by atoms with van der Waals surface area (Å²) in [5.74, 6) is -0.761. The van der Waals surface area contributed by atoms with Crippen LogP contribution >= 0.6 is 7.60 Å². The Bertz CT molecular complexity index is 1840. The Kier molecular flexibility index (Phi) is 8.63. The molecule has 0 radical (unpaired) electrons. The van der Waals surface area contributed by atoms with Gasteiger partial charge in [0, 0.05) is 11.1 Å². The summed E-state index contributed by atoms with van der Waals surface area (Å²) < 4.78 is 71.2. The number of carbonyl (C=O) groups is 2. The third kappa shape index (κ3) is 5.46. The van der Waals surface area contributed by atoms with Gasteiger partial charge in [-0.15, -0.1) is 0 Å². The van der Waals surface area contributed by atoms with Gasteiger partial charge in [0.05, 0.1) is 48.8 Å². The summed E-state index contributed by atoms with van der Waals surface area (Å²) in [4.78, 5) is 26.4. The zero-order chi connectivity index (χ0) is 33.5. The number of benzene rings is 4. The minimum atomic E-state index is -4.42. The first-order valence-electron chi connectivity index (χ1n) is 14.2. The van der Waals surface area contributed by atoms with Crippen LogP contribution < -0.4 is 28.4 Å². The first-order valence-corrected chi connectivity index (χ1v) is 15.9. The van der Waals surface area contributed by atoms with E-state index in [1.54, 1.807) is 6.07 Å². The van der Waals surface area contributed by atoms with Gasteiger partial charge < -0.3 is 37.9 Å². The Morgan fingerprint density at radius 2 is 1.09 bits per heavy atom. The minimum Gasteiger partial charge on any atom is -0.493 e. The predicted octanol–water partition coefficient (Wildman–Crippen LogP) is 6.36. The van der Waals surface area contributed by atoms with E-state index >= 15 is 4.57 Å². The normalized spacial score (nSPS) is 17.7. The van der Waals surface area contributed by atoms with Crippen molar-refractivity contribution in [3.05, 3.63) is 82.4 Å². The summed E-state index contributed by atoms with van der Waals surface area (Å²) in [5, 5.41) is 1.67. The number of methoxy groups -OCH3 is 6. The van der Waals surface area contributed by atoms with Crippen molar-refractivity contribution in [1.82, 2.24) is 0 Å². The van der Waals surface area contributed by atoms with Crippen LogP contribution in [0, 0.1) is 0 Å². The number of hydrogen-bond donors (Lipinski definition) is 0. The second-order valence-corrected chi connectivity index (χ2v) is 12.3. The molecule has 0 aromatic heterocycles. The molecule has 13 nitrogen and oxygen atoms in total. The second-order valence-electron chi connectivity index (χ2n) is 10.3. The molecule has 0 saturated carbocycles. The third-order valence-corrected chi connectivity index (χ3v) is 9.58. The standard InChI is InChI=1S/C33H31O13P/c1-37-22-14-20-24(28(41-5)26(22)39-3)30(34)43-32(20)45-47(36,16-18-12-9-11-17-10-7-8-13-19(17)18)46-33-21-15-23(38-2)27(40-4)29(42-6)25(21)31(35)44-33/h7-15,32-33H,16H2,1-6H3. The highest BCUT2D eigenvalue weighted by molar-refractivity contribution is 7.53. The fraction of sp³-hybridized carbons (Fsp3) is 0.273. The fourth-order valence-corrected chi connectivity index (χ4v) is 7.56. The zero-order valence-electron chi connectivity index (χ0n) is 26.3. The van der Waals surface area contributed by atoms with Crippen LogP contribution in [0.2, 0.25) is 0 Å². The molecule has 47 heavy (non-hydrogen) atoms. The van der Waals surface area contributed by atoms with E-state index in [2.05, 4.69) is 0 Å². The monoisotopic (exact) mass is 666 g/mol. The molecule has 0 bridgehead atoms. The summed E-state index contributed by atoms with van der Waals surface area (Å²) in [6.07, 6.45) is -3.34. The van der Waals surface area contributed by atoms with Gasteiger partial charge in [0.25, 0.3) is 0 Å². The lowest BCUT2D eigenvalue weighted by atomic mass is 10.1. The molecule has 2 atom stereocenters. The van der Waals surface area contributed by atoms with Crippen molar-refractivity contribution in [2.45, 2.75) is 18.7 Å². The topological polar surface area (TPSA) is 144 Å². The fourth-order valence-electron chi connectivity index (χ4n) is 5.77. The minimum absolute atomic E-state index is 0.00562. The third-order valence-electron chi connectivity index (χ3n) is 7.82. The van der Waals surface area contributed by atoms with E-state index in [0.29, 0.717) is 5.56 Å². The summed E-state index contributed by atoms with van der Waals surface area (Å²) in [6, 6.07) is 16.0. The first kappa shape index (κ1) is 32.0. The summed E-state index contributed by atoms with van der Waals surface area (Å²) in [7, 11) is 3.91. The van der Waals surface area contributed by atoms with Crippen molar-refractivity contribution < 1.29 is 61.1 Å². The lowest BCUT2D eigenvalue weighted by Crippen LogP contribution is -2.10. The maximum absolute atomic E-state index is 15.0. The van der Waals surface area contributed by atoms with Gasteiger partial charge in [-0.2, -0.15) is 0 Å². The van der Waals surface area contributed by atoms with Gasteiger partial charge in [-0.1, -0.05) is 42.5 Å². The van der Waals surface area contributed by atoms with Gasteiger partial charge in [0.1, 0.15) is 11.1 Å². The Morgan fingerprint density at radius 3 is 1.55 bits per heavy atom. The lowest BCUT2D eigenvalue weighted by molar-refractivity contribution is -0.0759. The molecule has 6 rings (SSSR count). The highest BCUT2D eigenvalue weighted by Crippen LogP contribution is 2.62. The van der Waals surface area contributed by atoms with Crippen molar-refractivity contribution in [3.63, 3.8) is 0 Å². The van der Waals surface area contributed by atoms with Crippen molar-refractivity contribution in [3.8, 4) is 34.5 Å². The summed E-state index contributed by atoms with van der Waals surface area (Å²) in [6.45, 7) is 0. The van der Waals surface area contributed by atoms with Crippen LogP contribution in [0.15, 0.2) is 54.6 Å². The maximum Gasteiger partial charge on any atom is 0.345 e. The number of hydrogen-bond acceptors (Lipinski definition) is 13. The molecule has 246 valence electrons. The highest BCUT2D eigenvalue weighted by atomic mass is 31.2. The van der Waals surface area contributed by atoms with E-state index in [-0.39, 0.29) is 62.9 Å². The van der Waals surface area contributed by atoms with E-state index in [1.807, 2.05) is 36.4 Å². The largest absolute Gasteiger partial charge is 0.493 e. The van der Waals surface area contributed by atoms with Gasteiger partial charge in [0.2, 0.25) is 24.1 Å². The Hall–Kier alpha value is -4.97. The molecule has 0 saturated heterocycles. The van der Waals surface area contributed by atoms with E-state index in [4.69, 9.17) is 46.9 Å².